The van der Waals surface area contributed by atoms with E-state index < -0.39 is 0 Å². The molecular weight excluding hydrogens is 402 g/mol. The van der Waals surface area contributed by atoms with E-state index in [1.54, 1.807) is 47.9 Å². The molecule has 0 bridgehead atoms. The number of carbonyl (C=O) groups is 2. The van der Waals surface area contributed by atoms with Crippen LogP contribution in [0.3, 0.4) is 0 Å². The van der Waals surface area contributed by atoms with Crippen LogP contribution < -0.4 is 5.32 Å². The normalized spacial score (nSPS) is 14.6. The van der Waals surface area contributed by atoms with Crippen molar-refractivity contribution in [1.29, 1.82) is 0 Å². The molecule has 1 aliphatic heterocycles. The molecular formula is C25H21N5O2. The van der Waals surface area contributed by atoms with E-state index in [0.717, 1.165) is 28.9 Å². The Labute approximate surface area is 185 Å². The smallest absolute Gasteiger partial charge is 0.268 e. The second-order valence-electron chi connectivity index (χ2n) is 7.56. The summed E-state index contributed by atoms with van der Waals surface area (Å²) in [5, 5.41) is 2.95. The summed E-state index contributed by atoms with van der Waals surface area (Å²) < 4.78 is 1.87. The van der Waals surface area contributed by atoms with Crippen molar-refractivity contribution in [3.05, 3.63) is 113 Å². The van der Waals surface area contributed by atoms with Gasteiger partial charge in [-0.3, -0.25) is 19.6 Å². The van der Waals surface area contributed by atoms with Crippen molar-refractivity contribution in [3.8, 4) is 0 Å². The number of allylic oxidation sites excluding steroid dienone is 3. The number of aromatic nitrogens is 3. The molecule has 7 heteroatoms. The minimum absolute atomic E-state index is 0.0999. The molecule has 0 unspecified atom stereocenters. The molecule has 0 spiro atoms. The molecule has 4 heterocycles. The highest BCUT2D eigenvalue weighted by atomic mass is 16.2. The Morgan fingerprint density at radius 2 is 1.91 bits per heavy atom. The van der Waals surface area contributed by atoms with Gasteiger partial charge in [0.2, 0.25) is 0 Å². The number of fused-ring (bicyclic) bond motifs is 2. The third-order valence-electron chi connectivity index (χ3n) is 5.50. The molecule has 0 saturated carbocycles. The monoisotopic (exact) mass is 423 g/mol. The van der Waals surface area contributed by atoms with E-state index in [1.165, 1.54) is 0 Å². The summed E-state index contributed by atoms with van der Waals surface area (Å²) in [7, 11) is 0. The second kappa shape index (κ2) is 8.47. The molecule has 32 heavy (non-hydrogen) atoms. The maximum atomic E-state index is 13.3. The van der Waals surface area contributed by atoms with Crippen LogP contribution in [0.1, 0.15) is 38.5 Å². The number of hydrogen-bond donors (Lipinski definition) is 1. The molecule has 5 rings (SSSR count). The largest absolute Gasteiger partial charge is 0.347 e. The summed E-state index contributed by atoms with van der Waals surface area (Å²) >= 11 is 0. The van der Waals surface area contributed by atoms with Crippen LogP contribution in [0, 0.1) is 0 Å². The van der Waals surface area contributed by atoms with Crippen LogP contribution in [0.5, 0.6) is 0 Å². The molecule has 3 aromatic rings. The van der Waals surface area contributed by atoms with Crippen molar-refractivity contribution in [1.82, 2.24) is 24.8 Å². The standard InChI is InChI=1S/C25H21N5O2/c31-24(28-15-18-4-3-11-27-14-18)23-8-7-21-17-30(25(32)19-9-12-26-13-10-19)22-6-2-1-5-20(22)16-29(21)23/h1,3-14,16H,2,15,17H2,(H,28,31). The average molecular weight is 423 g/mol. The minimum Gasteiger partial charge on any atom is -0.347 e. The molecule has 1 N–H and O–H groups in total. The van der Waals surface area contributed by atoms with Gasteiger partial charge in [0.15, 0.2) is 0 Å². The number of hydrogen-bond acceptors (Lipinski definition) is 4. The van der Waals surface area contributed by atoms with Crippen molar-refractivity contribution in [2.45, 2.75) is 19.5 Å². The van der Waals surface area contributed by atoms with Gasteiger partial charge in [0.25, 0.3) is 11.8 Å². The van der Waals surface area contributed by atoms with Crippen molar-refractivity contribution in [2.75, 3.05) is 0 Å². The summed E-state index contributed by atoms with van der Waals surface area (Å²) in [6.45, 7) is 0.748. The van der Waals surface area contributed by atoms with Crippen molar-refractivity contribution >= 4 is 18.0 Å². The highest BCUT2D eigenvalue weighted by Gasteiger charge is 2.28. The Balaban J connectivity index is 1.47. The van der Waals surface area contributed by atoms with Crippen LogP contribution in [0.2, 0.25) is 0 Å². The Hall–Kier alpha value is -4.26. The molecule has 0 atom stereocenters. The number of amides is 2. The minimum atomic E-state index is -0.184. The number of carbonyl (C=O) groups excluding carboxylic acids is 2. The Kier molecular flexibility index (Phi) is 5.21. The first-order chi connectivity index (χ1) is 15.7. The van der Waals surface area contributed by atoms with E-state index in [2.05, 4.69) is 15.3 Å². The highest BCUT2D eigenvalue weighted by Crippen LogP contribution is 2.30. The highest BCUT2D eigenvalue weighted by molar-refractivity contribution is 5.97. The van der Waals surface area contributed by atoms with Gasteiger partial charge >= 0.3 is 0 Å². The third-order valence-corrected chi connectivity index (χ3v) is 5.50. The second-order valence-corrected chi connectivity index (χ2v) is 7.56. The van der Waals surface area contributed by atoms with Crippen molar-refractivity contribution in [2.24, 2.45) is 0 Å². The lowest BCUT2D eigenvalue weighted by atomic mass is 10.0. The zero-order valence-corrected chi connectivity index (χ0v) is 17.3. The van der Waals surface area contributed by atoms with E-state index in [4.69, 9.17) is 0 Å². The zero-order chi connectivity index (χ0) is 21.9. The van der Waals surface area contributed by atoms with Crippen LogP contribution in [-0.4, -0.2) is 31.2 Å². The Bertz CT molecular complexity index is 1260. The lowest BCUT2D eigenvalue weighted by Gasteiger charge is -2.25. The van der Waals surface area contributed by atoms with Crippen LogP contribution in [-0.2, 0) is 13.1 Å². The van der Waals surface area contributed by atoms with Gasteiger partial charge in [-0.05, 0) is 42.3 Å². The van der Waals surface area contributed by atoms with Crippen LogP contribution in [0.4, 0.5) is 0 Å². The van der Waals surface area contributed by atoms with E-state index in [0.29, 0.717) is 24.3 Å². The van der Waals surface area contributed by atoms with E-state index in [9.17, 15) is 9.59 Å². The quantitative estimate of drug-likeness (QED) is 0.696. The predicted molar refractivity (Wildman–Crippen MR) is 120 cm³/mol. The van der Waals surface area contributed by atoms with Gasteiger partial charge in [0, 0.05) is 60.1 Å². The maximum Gasteiger partial charge on any atom is 0.268 e. The number of rotatable bonds is 4. The van der Waals surface area contributed by atoms with E-state index in [1.807, 2.05) is 47.2 Å². The van der Waals surface area contributed by atoms with Crippen LogP contribution in [0.25, 0.3) is 6.20 Å². The first-order valence-corrected chi connectivity index (χ1v) is 10.4. The van der Waals surface area contributed by atoms with Crippen LogP contribution in [0.15, 0.2) is 90.7 Å². The van der Waals surface area contributed by atoms with Gasteiger partial charge in [0.05, 0.1) is 6.54 Å². The van der Waals surface area contributed by atoms with Crippen molar-refractivity contribution < 1.29 is 9.59 Å². The lowest BCUT2D eigenvalue weighted by molar-refractivity contribution is 0.0798. The molecule has 0 aromatic carbocycles. The molecule has 2 aliphatic rings. The first kappa shape index (κ1) is 19.7. The summed E-state index contributed by atoms with van der Waals surface area (Å²) in [4.78, 5) is 36.1. The Morgan fingerprint density at radius 1 is 1.03 bits per heavy atom. The lowest BCUT2D eigenvalue weighted by Crippen LogP contribution is -2.30. The van der Waals surface area contributed by atoms with Crippen molar-refractivity contribution in [3.63, 3.8) is 0 Å². The number of pyridine rings is 2. The fraction of sp³-hybridized carbons (Fsp3) is 0.120. The third kappa shape index (κ3) is 3.76. The molecule has 3 aromatic heterocycles. The molecule has 158 valence electrons. The van der Waals surface area contributed by atoms with Gasteiger partial charge in [0.1, 0.15) is 5.69 Å². The molecule has 1 aliphatic carbocycles. The SMILES string of the molecule is O=C(NCc1cccnc1)c1ccc2n1C=C1C=CCC=C1N(C(=O)c1ccncc1)C2. The average Bonchev–Trinajstić information content (AvgIpc) is 3.16. The van der Waals surface area contributed by atoms with Gasteiger partial charge in [-0.15, -0.1) is 0 Å². The van der Waals surface area contributed by atoms with E-state index in [-0.39, 0.29) is 11.8 Å². The zero-order valence-electron chi connectivity index (χ0n) is 17.3. The van der Waals surface area contributed by atoms with Crippen LogP contribution >= 0.6 is 0 Å². The van der Waals surface area contributed by atoms with Gasteiger partial charge in [-0.2, -0.15) is 0 Å². The fourth-order valence-corrected chi connectivity index (χ4v) is 3.90. The summed E-state index contributed by atoms with van der Waals surface area (Å²) in [6, 6.07) is 10.9. The first-order valence-electron chi connectivity index (χ1n) is 10.4. The van der Waals surface area contributed by atoms with Gasteiger partial charge < -0.3 is 14.8 Å². The molecule has 0 saturated heterocycles. The number of nitrogens with zero attached hydrogens (tertiary/aromatic N) is 4. The topological polar surface area (TPSA) is 80.1 Å². The van der Waals surface area contributed by atoms with Gasteiger partial charge in [-0.1, -0.05) is 24.3 Å². The van der Waals surface area contributed by atoms with Gasteiger partial charge in [-0.25, -0.2) is 0 Å². The summed E-state index contributed by atoms with van der Waals surface area (Å²) in [6.07, 6.45) is 15.4. The molecule has 0 radical (unpaired) electrons. The molecule has 2 amide bonds. The summed E-state index contributed by atoms with van der Waals surface area (Å²) in [5.74, 6) is -0.284. The molecule has 7 nitrogen and oxygen atoms in total. The predicted octanol–water partition coefficient (Wildman–Crippen LogP) is 3.55. The molecule has 0 fully saturated rings. The Morgan fingerprint density at radius 3 is 2.72 bits per heavy atom. The summed E-state index contributed by atoms with van der Waals surface area (Å²) in [5.41, 5.74) is 4.61. The fourth-order valence-electron chi connectivity index (χ4n) is 3.90. The van der Waals surface area contributed by atoms with E-state index >= 15 is 0 Å². The maximum absolute atomic E-state index is 13.3. The number of nitrogens with one attached hydrogen (secondary N) is 1.